The zero-order valence-electron chi connectivity index (χ0n) is 9.15. The predicted octanol–water partition coefficient (Wildman–Crippen LogP) is 3.36. The number of nitrogens with zero attached hydrogens (tertiary/aromatic N) is 1. The van der Waals surface area contributed by atoms with E-state index in [2.05, 4.69) is 4.98 Å². The number of hydrogen-bond acceptors (Lipinski definition) is 3. The zero-order valence-corrected chi connectivity index (χ0v) is 9.15. The number of halogens is 2. The summed E-state index contributed by atoms with van der Waals surface area (Å²) in [6.45, 7) is 0. The summed E-state index contributed by atoms with van der Waals surface area (Å²) in [6, 6.07) is 8.09. The molecule has 3 aromatic rings. The van der Waals surface area contributed by atoms with Crippen molar-refractivity contribution in [2.75, 3.05) is 5.73 Å². The molecule has 3 nitrogen and oxygen atoms in total. The summed E-state index contributed by atoms with van der Waals surface area (Å²) in [5.74, 6) is -1.19. The Hall–Kier alpha value is -2.43. The first kappa shape index (κ1) is 10.7. The van der Waals surface area contributed by atoms with Crippen LogP contribution in [-0.2, 0) is 0 Å². The molecule has 3 rings (SSSR count). The number of nitrogen functional groups attached to an aromatic ring is 1. The Kier molecular flexibility index (Phi) is 2.26. The van der Waals surface area contributed by atoms with Crippen LogP contribution in [0.4, 0.5) is 14.5 Å². The van der Waals surface area contributed by atoms with Crippen LogP contribution in [0.3, 0.4) is 0 Å². The van der Waals surface area contributed by atoms with E-state index < -0.39 is 11.6 Å². The van der Waals surface area contributed by atoms with Gasteiger partial charge in [-0.15, -0.1) is 0 Å². The number of fused-ring (bicyclic) bond motifs is 1. The number of aromatic nitrogens is 1. The molecule has 0 bridgehead atoms. The molecule has 0 radical (unpaired) electrons. The van der Waals surface area contributed by atoms with E-state index in [0.717, 1.165) is 18.2 Å². The van der Waals surface area contributed by atoms with Crippen molar-refractivity contribution >= 4 is 16.8 Å². The summed E-state index contributed by atoms with van der Waals surface area (Å²) in [6.07, 6.45) is 0. The fourth-order valence-corrected chi connectivity index (χ4v) is 1.75. The normalized spacial score (nSPS) is 11.0. The predicted molar refractivity (Wildman–Crippen MR) is 63.8 cm³/mol. The average Bonchev–Trinajstić information content (AvgIpc) is 2.70. The molecule has 2 N–H and O–H groups in total. The highest BCUT2D eigenvalue weighted by Crippen LogP contribution is 2.26. The SMILES string of the molecule is Nc1ccc2oc(-c3cc(F)cc(F)c3)nc2c1. The first-order valence-electron chi connectivity index (χ1n) is 5.24. The molecule has 0 fully saturated rings. The maximum atomic E-state index is 13.1. The smallest absolute Gasteiger partial charge is 0.227 e. The van der Waals surface area contributed by atoms with E-state index >= 15 is 0 Å². The van der Waals surface area contributed by atoms with Gasteiger partial charge in [-0.3, -0.25) is 0 Å². The Labute approximate surface area is 101 Å². The highest BCUT2D eigenvalue weighted by atomic mass is 19.1. The molecule has 5 heteroatoms. The summed E-state index contributed by atoms with van der Waals surface area (Å²) in [5.41, 5.74) is 7.49. The fourth-order valence-electron chi connectivity index (χ4n) is 1.75. The highest BCUT2D eigenvalue weighted by molar-refractivity contribution is 5.79. The lowest BCUT2D eigenvalue weighted by molar-refractivity contribution is 0.578. The van der Waals surface area contributed by atoms with Crippen LogP contribution < -0.4 is 5.73 Å². The van der Waals surface area contributed by atoms with Crippen LogP contribution in [0, 0.1) is 11.6 Å². The van der Waals surface area contributed by atoms with Gasteiger partial charge in [0.05, 0.1) is 0 Å². The molecule has 1 aromatic heterocycles. The molecule has 18 heavy (non-hydrogen) atoms. The lowest BCUT2D eigenvalue weighted by atomic mass is 10.2. The van der Waals surface area contributed by atoms with Crippen LogP contribution in [-0.4, -0.2) is 4.98 Å². The van der Waals surface area contributed by atoms with Gasteiger partial charge in [0.1, 0.15) is 17.2 Å². The van der Waals surface area contributed by atoms with Gasteiger partial charge < -0.3 is 10.2 Å². The summed E-state index contributed by atoms with van der Waals surface area (Å²) in [4.78, 5) is 4.15. The van der Waals surface area contributed by atoms with Gasteiger partial charge in [-0.2, -0.15) is 0 Å². The second-order valence-electron chi connectivity index (χ2n) is 3.90. The van der Waals surface area contributed by atoms with E-state index in [1.807, 2.05) is 0 Å². The van der Waals surface area contributed by atoms with Crippen LogP contribution in [0.2, 0.25) is 0 Å². The third kappa shape index (κ3) is 1.79. The summed E-state index contributed by atoms with van der Waals surface area (Å²) < 4.78 is 31.6. The Morgan fingerprint density at radius 2 is 1.72 bits per heavy atom. The standard InChI is InChI=1S/C13H8F2N2O/c14-8-3-7(4-9(15)5-8)13-17-11-6-10(16)1-2-12(11)18-13/h1-6H,16H2. The van der Waals surface area contributed by atoms with Gasteiger partial charge in [0.15, 0.2) is 5.58 Å². The number of rotatable bonds is 1. The van der Waals surface area contributed by atoms with E-state index in [0.29, 0.717) is 16.8 Å². The fraction of sp³-hybridized carbons (Fsp3) is 0. The molecule has 0 aliphatic heterocycles. The molecule has 0 amide bonds. The first-order chi connectivity index (χ1) is 8.61. The second kappa shape index (κ2) is 3.80. The first-order valence-corrected chi connectivity index (χ1v) is 5.24. The quantitative estimate of drug-likeness (QED) is 0.670. The number of oxazole rings is 1. The Bertz CT molecular complexity index is 717. The Balaban J connectivity index is 2.19. The van der Waals surface area contributed by atoms with Crippen molar-refractivity contribution in [3.8, 4) is 11.5 Å². The molecule has 0 saturated heterocycles. The molecule has 0 saturated carbocycles. The maximum Gasteiger partial charge on any atom is 0.227 e. The summed E-state index contributed by atoms with van der Waals surface area (Å²) in [7, 11) is 0. The minimum atomic E-state index is -0.674. The average molecular weight is 246 g/mol. The molecule has 1 heterocycles. The Morgan fingerprint density at radius 1 is 1.00 bits per heavy atom. The third-order valence-electron chi connectivity index (χ3n) is 2.52. The van der Waals surface area contributed by atoms with Gasteiger partial charge in [-0.25, -0.2) is 13.8 Å². The van der Waals surface area contributed by atoms with Gasteiger partial charge in [0, 0.05) is 17.3 Å². The molecule has 0 aliphatic carbocycles. The van der Waals surface area contributed by atoms with Gasteiger partial charge in [-0.1, -0.05) is 0 Å². The van der Waals surface area contributed by atoms with Crippen molar-refractivity contribution in [2.24, 2.45) is 0 Å². The summed E-state index contributed by atoms with van der Waals surface area (Å²) in [5, 5.41) is 0. The molecule has 90 valence electrons. The molecule has 2 aromatic carbocycles. The van der Waals surface area contributed by atoms with Crippen LogP contribution in [0.5, 0.6) is 0 Å². The molecular formula is C13H8F2N2O. The van der Waals surface area contributed by atoms with Gasteiger partial charge in [-0.05, 0) is 30.3 Å². The van der Waals surface area contributed by atoms with E-state index in [1.54, 1.807) is 18.2 Å². The highest BCUT2D eigenvalue weighted by Gasteiger charge is 2.10. The van der Waals surface area contributed by atoms with Crippen LogP contribution >= 0.6 is 0 Å². The minimum absolute atomic E-state index is 0.161. The zero-order chi connectivity index (χ0) is 12.7. The van der Waals surface area contributed by atoms with E-state index in [9.17, 15) is 8.78 Å². The lowest BCUT2D eigenvalue weighted by Crippen LogP contribution is -1.84. The molecule has 0 unspecified atom stereocenters. The number of anilines is 1. The van der Waals surface area contributed by atoms with Crippen molar-refractivity contribution < 1.29 is 13.2 Å². The minimum Gasteiger partial charge on any atom is -0.436 e. The molecule has 0 atom stereocenters. The lowest BCUT2D eigenvalue weighted by Gasteiger charge is -1.96. The van der Waals surface area contributed by atoms with E-state index in [4.69, 9.17) is 10.2 Å². The maximum absolute atomic E-state index is 13.1. The number of benzene rings is 2. The monoisotopic (exact) mass is 246 g/mol. The van der Waals surface area contributed by atoms with Gasteiger partial charge >= 0.3 is 0 Å². The van der Waals surface area contributed by atoms with Crippen LogP contribution in [0.15, 0.2) is 40.8 Å². The van der Waals surface area contributed by atoms with Gasteiger partial charge in [0.2, 0.25) is 5.89 Å². The topological polar surface area (TPSA) is 52.0 Å². The van der Waals surface area contributed by atoms with Crippen LogP contribution in [0.1, 0.15) is 0 Å². The molecule has 0 aliphatic rings. The van der Waals surface area contributed by atoms with E-state index in [1.165, 1.54) is 0 Å². The van der Waals surface area contributed by atoms with Crippen molar-refractivity contribution in [1.29, 1.82) is 0 Å². The largest absolute Gasteiger partial charge is 0.436 e. The molecular weight excluding hydrogens is 238 g/mol. The Morgan fingerprint density at radius 3 is 2.44 bits per heavy atom. The summed E-state index contributed by atoms with van der Waals surface area (Å²) >= 11 is 0. The van der Waals surface area contributed by atoms with Crippen molar-refractivity contribution in [2.45, 2.75) is 0 Å². The van der Waals surface area contributed by atoms with Crippen LogP contribution in [0.25, 0.3) is 22.6 Å². The van der Waals surface area contributed by atoms with Gasteiger partial charge in [0.25, 0.3) is 0 Å². The third-order valence-corrected chi connectivity index (χ3v) is 2.52. The van der Waals surface area contributed by atoms with E-state index in [-0.39, 0.29) is 11.5 Å². The van der Waals surface area contributed by atoms with Crippen molar-refractivity contribution in [3.05, 3.63) is 48.0 Å². The second-order valence-corrected chi connectivity index (χ2v) is 3.90. The number of hydrogen-bond donors (Lipinski definition) is 1. The van der Waals surface area contributed by atoms with Crippen molar-refractivity contribution in [1.82, 2.24) is 4.98 Å². The molecule has 0 spiro atoms. The number of nitrogens with two attached hydrogens (primary N) is 1. The van der Waals surface area contributed by atoms with Crippen molar-refractivity contribution in [3.63, 3.8) is 0 Å².